The first-order valence-electron chi connectivity index (χ1n) is 8.83. The van der Waals surface area contributed by atoms with Crippen molar-refractivity contribution in [3.8, 4) is 17.6 Å². The Balaban J connectivity index is 1.90. The predicted octanol–water partition coefficient (Wildman–Crippen LogP) is 3.16. The van der Waals surface area contributed by atoms with Crippen LogP contribution in [0.3, 0.4) is 0 Å². The molecule has 0 fully saturated rings. The standard InChI is InChI=1S/C21H14ClN5O2/c1-11-17-19(27(26-11)13-5-3-2-4-6-13)29-16(10-23)18(24)21(17)14-9-12(22)7-8-15(14)25-20(21)28/h2-9H,24H2,1H3,(H,25,28)/t21-/m0/s1. The molecular weight excluding hydrogens is 390 g/mol. The number of halogens is 1. The van der Waals surface area contributed by atoms with Gasteiger partial charge in [-0.05, 0) is 37.3 Å². The number of aryl methyl sites for hydroxylation is 1. The van der Waals surface area contributed by atoms with E-state index in [9.17, 15) is 10.1 Å². The van der Waals surface area contributed by atoms with Crippen LogP contribution in [-0.4, -0.2) is 15.7 Å². The van der Waals surface area contributed by atoms with Crippen molar-refractivity contribution in [3.05, 3.63) is 81.8 Å². The zero-order valence-electron chi connectivity index (χ0n) is 15.2. The van der Waals surface area contributed by atoms with Crippen molar-refractivity contribution in [1.29, 1.82) is 5.26 Å². The molecule has 142 valence electrons. The molecule has 0 radical (unpaired) electrons. The number of nitrogens with zero attached hydrogens (tertiary/aromatic N) is 3. The molecule has 3 N–H and O–H groups in total. The van der Waals surface area contributed by atoms with Crippen LogP contribution in [0, 0.1) is 18.3 Å². The summed E-state index contributed by atoms with van der Waals surface area (Å²) in [4.78, 5) is 13.4. The molecule has 2 aromatic carbocycles. The quantitative estimate of drug-likeness (QED) is 0.649. The first-order valence-corrected chi connectivity index (χ1v) is 9.21. The minimum Gasteiger partial charge on any atom is -0.425 e. The number of amides is 1. The number of carbonyl (C=O) groups excluding carboxylic acids is 1. The van der Waals surface area contributed by atoms with Crippen LogP contribution in [-0.2, 0) is 10.2 Å². The van der Waals surface area contributed by atoms with Gasteiger partial charge in [0, 0.05) is 16.3 Å². The van der Waals surface area contributed by atoms with Crippen LogP contribution in [0.4, 0.5) is 5.69 Å². The Labute approximate surface area is 171 Å². The molecule has 1 spiro atoms. The van der Waals surface area contributed by atoms with Gasteiger partial charge in [-0.15, -0.1) is 0 Å². The summed E-state index contributed by atoms with van der Waals surface area (Å²) in [6.07, 6.45) is 0. The molecule has 0 saturated carbocycles. The maximum absolute atomic E-state index is 13.4. The van der Waals surface area contributed by atoms with Crippen molar-refractivity contribution < 1.29 is 9.53 Å². The van der Waals surface area contributed by atoms with Gasteiger partial charge in [0.1, 0.15) is 6.07 Å². The van der Waals surface area contributed by atoms with Crippen molar-refractivity contribution in [2.24, 2.45) is 5.73 Å². The van der Waals surface area contributed by atoms with E-state index in [1.54, 1.807) is 29.8 Å². The summed E-state index contributed by atoms with van der Waals surface area (Å²) in [5.41, 5.74) is 7.92. The third kappa shape index (κ3) is 2.12. The number of aromatic nitrogens is 2. The summed E-state index contributed by atoms with van der Waals surface area (Å²) in [6, 6.07) is 16.4. The number of ether oxygens (including phenoxy) is 1. The van der Waals surface area contributed by atoms with Crippen LogP contribution in [0.1, 0.15) is 16.8 Å². The lowest BCUT2D eigenvalue weighted by atomic mass is 9.71. The van der Waals surface area contributed by atoms with Gasteiger partial charge in [-0.2, -0.15) is 10.4 Å². The molecule has 1 atom stereocenters. The SMILES string of the molecule is Cc1nn(-c2ccccc2)c2c1[C@]1(C(=O)Nc3ccc(Cl)cc31)C(N)=C(C#N)O2. The van der Waals surface area contributed by atoms with Gasteiger partial charge in [-0.1, -0.05) is 29.8 Å². The van der Waals surface area contributed by atoms with Gasteiger partial charge < -0.3 is 15.8 Å². The van der Waals surface area contributed by atoms with Crippen molar-refractivity contribution in [1.82, 2.24) is 9.78 Å². The fourth-order valence-electron chi connectivity index (χ4n) is 4.11. The van der Waals surface area contributed by atoms with Gasteiger partial charge in [0.05, 0.1) is 22.6 Å². The van der Waals surface area contributed by atoms with Gasteiger partial charge >= 0.3 is 0 Å². The van der Waals surface area contributed by atoms with Gasteiger partial charge in [0.25, 0.3) is 0 Å². The third-order valence-corrected chi connectivity index (χ3v) is 5.55. The number of allylic oxidation sites excluding steroid dienone is 1. The largest absolute Gasteiger partial charge is 0.425 e. The highest BCUT2D eigenvalue weighted by atomic mass is 35.5. The van der Waals surface area contributed by atoms with Crippen molar-refractivity contribution >= 4 is 23.2 Å². The number of hydrogen-bond acceptors (Lipinski definition) is 5. The number of hydrogen-bond donors (Lipinski definition) is 2. The van der Waals surface area contributed by atoms with E-state index in [4.69, 9.17) is 22.1 Å². The summed E-state index contributed by atoms with van der Waals surface area (Å²) >= 11 is 6.25. The molecule has 1 aromatic heterocycles. The molecular formula is C21H14ClN5O2. The van der Waals surface area contributed by atoms with Crippen molar-refractivity contribution in [2.75, 3.05) is 5.32 Å². The van der Waals surface area contributed by atoms with Crippen LogP contribution in [0.5, 0.6) is 5.88 Å². The molecule has 0 unspecified atom stereocenters. The summed E-state index contributed by atoms with van der Waals surface area (Å²) in [5, 5.41) is 17.6. The molecule has 5 rings (SSSR count). The molecule has 0 saturated heterocycles. The Morgan fingerprint density at radius 2 is 2.03 bits per heavy atom. The Morgan fingerprint density at radius 3 is 2.76 bits per heavy atom. The first kappa shape index (κ1) is 17.3. The van der Waals surface area contributed by atoms with Crippen LogP contribution in [0.2, 0.25) is 5.02 Å². The topological polar surface area (TPSA) is 106 Å². The number of fused-ring (bicyclic) bond motifs is 4. The highest BCUT2D eigenvalue weighted by Gasteiger charge is 2.58. The van der Waals surface area contributed by atoms with Gasteiger partial charge in [-0.3, -0.25) is 4.79 Å². The first-order chi connectivity index (χ1) is 14.0. The zero-order valence-corrected chi connectivity index (χ0v) is 16.0. The van der Waals surface area contributed by atoms with Crippen LogP contribution in [0.15, 0.2) is 60.0 Å². The number of rotatable bonds is 1. The average Bonchev–Trinajstić information content (AvgIpc) is 3.20. The molecule has 7 nitrogen and oxygen atoms in total. The van der Waals surface area contributed by atoms with E-state index >= 15 is 0 Å². The minimum atomic E-state index is -1.45. The number of anilines is 1. The Kier molecular flexibility index (Phi) is 3.51. The maximum atomic E-state index is 13.4. The highest BCUT2D eigenvalue weighted by molar-refractivity contribution is 6.31. The summed E-state index contributed by atoms with van der Waals surface area (Å²) in [5.74, 6) is -0.236. The number of benzene rings is 2. The summed E-state index contributed by atoms with van der Waals surface area (Å²) in [6.45, 7) is 1.78. The monoisotopic (exact) mass is 403 g/mol. The normalized spacial score (nSPS) is 19.4. The van der Waals surface area contributed by atoms with E-state index in [0.29, 0.717) is 27.5 Å². The lowest BCUT2D eigenvalue weighted by Gasteiger charge is -2.32. The van der Waals surface area contributed by atoms with Crippen molar-refractivity contribution in [3.63, 3.8) is 0 Å². The van der Waals surface area contributed by atoms with E-state index in [-0.39, 0.29) is 23.2 Å². The fraction of sp³-hybridized carbons (Fsp3) is 0.0952. The van der Waals surface area contributed by atoms with E-state index in [2.05, 4.69) is 10.4 Å². The minimum absolute atomic E-state index is 0.0155. The van der Waals surface area contributed by atoms with E-state index in [1.165, 1.54) is 0 Å². The molecule has 1 amide bonds. The van der Waals surface area contributed by atoms with Crippen LogP contribution >= 0.6 is 11.6 Å². The third-order valence-electron chi connectivity index (χ3n) is 5.32. The summed E-state index contributed by atoms with van der Waals surface area (Å²) < 4.78 is 7.44. The van der Waals surface area contributed by atoms with Gasteiger partial charge in [0.2, 0.25) is 17.5 Å². The molecule has 3 aromatic rings. The van der Waals surface area contributed by atoms with Crippen molar-refractivity contribution in [2.45, 2.75) is 12.3 Å². The second-order valence-electron chi connectivity index (χ2n) is 6.86. The second-order valence-corrected chi connectivity index (χ2v) is 7.30. The molecule has 29 heavy (non-hydrogen) atoms. The van der Waals surface area contributed by atoms with Gasteiger partial charge in [-0.25, -0.2) is 4.68 Å². The molecule has 0 bridgehead atoms. The van der Waals surface area contributed by atoms with E-state index in [0.717, 1.165) is 5.69 Å². The maximum Gasteiger partial charge on any atom is 0.246 e. The number of carbonyl (C=O) groups is 1. The summed E-state index contributed by atoms with van der Waals surface area (Å²) in [7, 11) is 0. The smallest absolute Gasteiger partial charge is 0.246 e. The van der Waals surface area contributed by atoms with E-state index in [1.807, 2.05) is 36.4 Å². The fourth-order valence-corrected chi connectivity index (χ4v) is 4.28. The molecule has 2 aliphatic rings. The average molecular weight is 404 g/mol. The number of nitrogens with two attached hydrogens (primary N) is 1. The Morgan fingerprint density at radius 1 is 1.28 bits per heavy atom. The highest BCUT2D eigenvalue weighted by Crippen LogP contribution is 2.54. The number of nitriles is 1. The van der Waals surface area contributed by atoms with Crippen LogP contribution < -0.4 is 15.8 Å². The Bertz CT molecular complexity index is 1270. The molecule has 8 heteroatoms. The number of nitrogens with one attached hydrogen (secondary N) is 1. The molecule has 3 heterocycles. The number of para-hydroxylation sites is 1. The second kappa shape index (κ2) is 5.87. The molecule has 0 aliphatic carbocycles. The predicted molar refractivity (Wildman–Crippen MR) is 107 cm³/mol. The van der Waals surface area contributed by atoms with Crippen LogP contribution in [0.25, 0.3) is 5.69 Å². The van der Waals surface area contributed by atoms with E-state index < -0.39 is 5.41 Å². The zero-order chi connectivity index (χ0) is 20.3. The lowest BCUT2D eigenvalue weighted by Crippen LogP contribution is -2.44. The Hall–Kier alpha value is -3.76. The molecule has 2 aliphatic heterocycles. The van der Waals surface area contributed by atoms with Gasteiger partial charge in [0.15, 0.2) is 5.41 Å². The lowest BCUT2D eigenvalue weighted by molar-refractivity contribution is -0.118.